The van der Waals surface area contributed by atoms with Gasteiger partial charge in [0, 0.05) is 17.3 Å². The Morgan fingerprint density at radius 3 is 1.45 bits per heavy atom. The van der Waals surface area contributed by atoms with Crippen LogP contribution in [0.1, 0.15) is 22.3 Å². The molecule has 1 aliphatic heterocycles. The fourth-order valence-electron chi connectivity index (χ4n) is 9.78. The molecule has 9 aromatic rings. The first-order valence-electron chi connectivity index (χ1n) is 19.8. The summed E-state index contributed by atoms with van der Waals surface area (Å²) in [6, 6.07) is 75.8. The van der Waals surface area contributed by atoms with E-state index >= 15 is 0 Å². The number of nitrogens with zero attached hydrogens (tertiary/aromatic N) is 1. The molecule has 0 fully saturated rings. The van der Waals surface area contributed by atoms with E-state index in [-0.39, 0.29) is 0 Å². The fraction of sp³-hybridized carbons (Fsp3) is 0.0182. The number of para-hydroxylation sites is 2. The zero-order chi connectivity index (χ0) is 38.2. The lowest BCUT2D eigenvalue weighted by molar-refractivity contribution is 0.359. The lowest BCUT2D eigenvalue weighted by Crippen LogP contribution is -2.25. The molecule has 0 saturated carbocycles. The maximum absolute atomic E-state index is 6.98. The van der Waals surface area contributed by atoms with Crippen LogP contribution in [0.15, 0.2) is 212 Å². The molecule has 3 heteroatoms. The summed E-state index contributed by atoms with van der Waals surface area (Å²) in [4.78, 5) is 2.32. The van der Waals surface area contributed by atoms with E-state index in [1.165, 1.54) is 55.6 Å². The van der Waals surface area contributed by atoms with Gasteiger partial charge in [0.2, 0.25) is 0 Å². The zero-order valence-electron chi connectivity index (χ0n) is 31.5. The third-order valence-corrected chi connectivity index (χ3v) is 12.1. The third-order valence-electron chi connectivity index (χ3n) is 12.1. The molecular formula is C55H35NO2. The Balaban J connectivity index is 1.00. The predicted molar refractivity (Wildman–Crippen MR) is 235 cm³/mol. The Kier molecular flexibility index (Phi) is 7.14. The number of fused-ring (bicyclic) bond motifs is 12. The van der Waals surface area contributed by atoms with Gasteiger partial charge in [-0.25, -0.2) is 0 Å². The van der Waals surface area contributed by atoms with E-state index in [4.69, 9.17) is 9.47 Å². The van der Waals surface area contributed by atoms with Gasteiger partial charge in [-0.05, 0) is 104 Å². The number of rotatable bonds is 5. The van der Waals surface area contributed by atoms with E-state index in [0.717, 1.165) is 28.2 Å². The van der Waals surface area contributed by atoms with E-state index in [0.29, 0.717) is 23.0 Å². The van der Waals surface area contributed by atoms with Crippen LogP contribution >= 0.6 is 0 Å². The van der Waals surface area contributed by atoms with Crippen LogP contribution in [0.25, 0.3) is 44.5 Å². The average molecular weight is 742 g/mol. The van der Waals surface area contributed by atoms with Crippen molar-refractivity contribution >= 4 is 17.1 Å². The highest BCUT2D eigenvalue weighted by Crippen LogP contribution is 2.64. The van der Waals surface area contributed by atoms with Crippen LogP contribution in [0.2, 0.25) is 0 Å². The van der Waals surface area contributed by atoms with Crippen LogP contribution in [0.5, 0.6) is 23.0 Å². The van der Waals surface area contributed by atoms with E-state index in [2.05, 4.69) is 211 Å². The summed E-state index contributed by atoms with van der Waals surface area (Å²) in [5.41, 5.74) is 17.3. The van der Waals surface area contributed by atoms with Crippen molar-refractivity contribution in [3.05, 3.63) is 235 Å². The molecule has 0 unspecified atom stereocenters. The van der Waals surface area contributed by atoms with Crippen molar-refractivity contribution in [2.24, 2.45) is 0 Å². The highest BCUT2D eigenvalue weighted by atomic mass is 16.6. The molecule has 0 atom stereocenters. The van der Waals surface area contributed by atoms with Gasteiger partial charge >= 0.3 is 0 Å². The topological polar surface area (TPSA) is 21.7 Å². The predicted octanol–water partition coefficient (Wildman–Crippen LogP) is 14.7. The molecule has 12 rings (SSSR count). The van der Waals surface area contributed by atoms with Crippen LogP contribution in [-0.2, 0) is 5.41 Å². The van der Waals surface area contributed by atoms with Crippen molar-refractivity contribution in [3.63, 3.8) is 0 Å². The van der Waals surface area contributed by atoms with Gasteiger partial charge in [0.25, 0.3) is 0 Å². The zero-order valence-corrected chi connectivity index (χ0v) is 31.5. The monoisotopic (exact) mass is 741 g/mol. The quantitative estimate of drug-likeness (QED) is 0.175. The van der Waals surface area contributed by atoms with Crippen LogP contribution in [0, 0.1) is 0 Å². The van der Waals surface area contributed by atoms with Crippen molar-refractivity contribution in [2.45, 2.75) is 5.41 Å². The second-order valence-corrected chi connectivity index (χ2v) is 15.2. The summed E-state index contributed by atoms with van der Waals surface area (Å²) in [5.74, 6) is 2.78. The second-order valence-electron chi connectivity index (χ2n) is 15.2. The van der Waals surface area contributed by atoms with Crippen molar-refractivity contribution in [3.8, 4) is 67.5 Å². The van der Waals surface area contributed by atoms with Gasteiger partial charge in [-0.15, -0.1) is 0 Å². The van der Waals surface area contributed by atoms with Crippen molar-refractivity contribution < 1.29 is 9.47 Å². The molecule has 0 bridgehead atoms. The Morgan fingerprint density at radius 1 is 0.293 bits per heavy atom. The van der Waals surface area contributed by atoms with E-state index in [1.54, 1.807) is 0 Å². The summed E-state index contributed by atoms with van der Waals surface area (Å²) in [6.45, 7) is 0. The van der Waals surface area contributed by atoms with E-state index < -0.39 is 5.41 Å². The molecule has 0 amide bonds. The first-order chi connectivity index (χ1) is 28.8. The molecule has 3 nitrogen and oxygen atoms in total. The highest BCUT2D eigenvalue weighted by Gasteiger charge is 2.52. The molecule has 1 spiro atoms. The first kappa shape index (κ1) is 32.6. The molecule has 1 heterocycles. The highest BCUT2D eigenvalue weighted by molar-refractivity contribution is 5.97. The Morgan fingerprint density at radius 2 is 0.776 bits per heavy atom. The molecule has 272 valence electrons. The number of hydrogen-bond donors (Lipinski definition) is 0. The minimum Gasteiger partial charge on any atom is -0.449 e. The molecule has 0 N–H and O–H groups in total. The standard InChI is InChI=1S/C55H35NO2/c1-3-17-36(18-4-1)39-21-7-8-22-40(39)44-26-12-16-30-50(44)56(37-19-5-2-6-20-37)38-31-32-51-52(33-38)58-54-35-49-45(34-53(54)57-51)43-25-11-15-29-48(43)55(49)46-27-13-9-23-41(46)42-24-10-14-28-47(42)55/h1-35H. The third kappa shape index (κ3) is 4.68. The van der Waals surface area contributed by atoms with Gasteiger partial charge in [0.15, 0.2) is 23.0 Å². The lowest BCUT2D eigenvalue weighted by Gasteiger charge is -2.32. The number of hydrogen-bond acceptors (Lipinski definition) is 3. The minimum absolute atomic E-state index is 0.469. The van der Waals surface area contributed by atoms with Gasteiger partial charge in [-0.1, -0.05) is 164 Å². The molecular weight excluding hydrogens is 707 g/mol. The smallest absolute Gasteiger partial charge is 0.172 e. The fourth-order valence-corrected chi connectivity index (χ4v) is 9.78. The van der Waals surface area contributed by atoms with Crippen LogP contribution in [-0.4, -0.2) is 0 Å². The van der Waals surface area contributed by atoms with Gasteiger partial charge in [-0.3, -0.25) is 0 Å². The van der Waals surface area contributed by atoms with Crippen molar-refractivity contribution in [2.75, 3.05) is 4.90 Å². The molecule has 58 heavy (non-hydrogen) atoms. The summed E-state index contributed by atoms with van der Waals surface area (Å²) in [6.07, 6.45) is 0. The molecule has 0 radical (unpaired) electrons. The summed E-state index contributed by atoms with van der Waals surface area (Å²) >= 11 is 0. The lowest BCUT2D eigenvalue weighted by atomic mass is 9.70. The normalized spacial score (nSPS) is 13.2. The summed E-state index contributed by atoms with van der Waals surface area (Å²) in [7, 11) is 0. The van der Waals surface area contributed by atoms with Crippen LogP contribution in [0.3, 0.4) is 0 Å². The number of benzene rings is 9. The SMILES string of the molecule is c1ccc(-c2ccccc2-c2ccccc2N(c2ccccc2)c2ccc3c(c2)Oc2cc4c(cc2O3)-c2ccccc2C42c3ccccc3-c3ccccc32)cc1. The molecule has 3 aliphatic rings. The molecule has 2 aliphatic carbocycles. The molecule has 0 saturated heterocycles. The van der Waals surface area contributed by atoms with Gasteiger partial charge < -0.3 is 14.4 Å². The van der Waals surface area contributed by atoms with E-state index in [9.17, 15) is 0 Å². The van der Waals surface area contributed by atoms with Crippen molar-refractivity contribution in [1.82, 2.24) is 0 Å². The maximum atomic E-state index is 6.98. The number of anilines is 3. The summed E-state index contributed by atoms with van der Waals surface area (Å²) < 4.78 is 13.8. The maximum Gasteiger partial charge on any atom is 0.172 e. The Labute approximate surface area is 337 Å². The largest absolute Gasteiger partial charge is 0.449 e. The van der Waals surface area contributed by atoms with Crippen molar-refractivity contribution in [1.29, 1.82) is 0 Å². The summed E-state index contributed by atoms with van der Waals surface area (Å²) in [5, 5.41) is 0. The van der Waals surface area contributed by atoms with Crippen LogP contribution in [0.4, 0.5) is 17.1 Å². The van der Waals surface area contributed by atoms with Crippen LogP contribution < -0.4 is 14.4 Å². The Hall–Kier alpha value is -7.62. The van der Waals surface area contributed by atoms with E-state index in [1.807, 2.05) is 6.07 Å². The van der Waals surface area contributed by atoms with Gasteiger partial charge in [0.1, 0.15) is 0 Å². The Bertz CT molecular complexity index is 3030. The van der Waals surface area contributed by atoms with Gasteiger partial charge in [-0.2, -0.15) is 0 Å². The molecule has 0 aromatic heterocycles. The first-order valence-corrected chi connectivity index (χ1v) is 19.8. The molecule has 9 aromatic carbocycles. The average Bonchev–Trinajstić information content (AvgIpc) is 3.75. The second kappa shape index (κ2) is 12.7. The number of ether oxygens (including phenoxy) is 2. The minimum atomic E-state index is -0.469. The van der Waals surface area contributed by atoms with Gasteiger partial charge in [0.05, 0.1) is 16.8 Å².